The van der Waals surface area contributed by atoms with Crippen LogP contribution in [-0.2, 0) is 4.79 Å². The number of aromatic amines is 1. The maximum absolute atomic E-state index is 13.4. The van der Waals surface area contributed by atoms with Crippen molar-refractivity contribution in [1.82, 2.24) is 25.6 Å². The Morgan fingerprint density at radius 1 is 1.08 bits per heavy atom. The molecule has 2 aliphatic carbocycles. The summed E-state index contributed by atoms with van der Waals surface area (Å²) in [7, 11) is 0. The first kappa shape index (κ1) is 24.5. The lowest BCUT2D eigenvalue weighted by Gasteiger charge is -2.29. The van der Waals surface area contributed by atoms with Crippen molar-refractivity contribution >= 4 is 22.8 Å². The van der Waals surface area contributed by atoms with Gasteiger partial charge in [0.15, 0.2) is 11.5 Å². The molecule has 0 saturated heterocycles. The van der Waals surface area contributed by atoms with Crippen molar-refractivity contribution in [2.24, 2.45) is 5.92 Å². The van der Waals surface area contributed by atoms with Crippen LogP contribution in [0, 0.1) is 12.8 Å². The summed E-state index contributed by atoms with van der Waals surface area (Å²) in [5.74, 6) is 1.85. The van der Waals surface area contributed by atoms with Gasteiger partial charge in [-0.25, -0.2) is 9.97 Å². The zero-order chi connectivity index (χ0) is 26.2. The van der Waals surface area contributed by atoms with E-state index in [9.17, 15) is 9.59 Å². The number of H-pyrrole nitrogens is 1. The maximum Gasteiger partial charge on any atom is 0.255 e. The molecule has 11 nitrogen and oxygen atoms in total. The van der Waals surface area contributed by atoms with Gasteiger partial charge in [0.25, 0.3) is 5.91 Å². The van der Waals surface area contributed by atoms with Gasteiger partial charge >= 0.3 is 0 Å². The Hall–Kier alpha value is -3.86. The van der Waals surface area contributed by atoms with Crippen molar-refractivity contribution in [3.63, 3.8) is 0 Å². The number of hydrogen-bond donors (Lipinski definition) is 4. The van der Waals surface area contributed by atoms with Crippen molar-refractivity contribution in [2.75, 3.05) is 20.0 Å². The first-order chi connectivity index (χ1) is 18.5. The summed E-state index contributed by atoms with van der Waals surface area (Å²) in [4.78, 5) is 37.3. The van der Waals surface area contributed by atoms with Crippen molar-refractivity contribution in [3.05, 3.63) is 29.7 Å². The minimum atomic E-state index is -0.514. The number of nitrogens with zero attached hydrogens (tertiary/aromatic N) is 2. The summed E-state index contributed by atoms with van der Waals surface area (Å²) < 4.78 is 17.6. The summed E-state index contributed by atoms with van der Waals surface area (Å²) in [6.45, 7) is 2.08. The number of fused-ring (bicyclic) bond motifs is 2. The number of aliphatic hydroxyl groups excluding tert-OH is 1. The largest absolute Gasteiger partial charge is 0.492 e. The number of carbonyl (C=O) groups excluding carboxylic acids is 2. The topological polar surface area (TPSA) is 148 Å². The summed E-state index contributed by atoms with van der Waals surface area (Å²) in [6, 6.07) is 3.72. The molecule has 0 atom stereocenters. The molecule has 1 aromatic carbocycles. The molecule has 2 fully saturated rings. The van der Waals surface area contributed by atoms with E-state index in [0.717, 1.165) is 25.7 Å². The lowest BCUT2D eigenvalue weighted by atomic mass is 9.91. The van der Waals surface area contributed by atoms with Crippen molar-refractivity contribution in [3.8, 4) is 28.5 Å². The van der Waals surface area contributed by atoms with E-state index in [1.54, 1.807) is 0 Å². The molecular weight excluding hydrogens is 490 g/mol. The number of ether oxygens (including phenoxy) is 3. The molecule has 2 aromatic heterocycles. The van der Waals surface area contributed by atoms with Crippen molar-refractivity contribution in [1.29, 1.82) is 0 Å². The molecule has 2 amide bonds. The number of hydrogen-bond acceptors (Lipinski definition) is 8. The highest BCUT2D eigenvalue weighted by molar-refractivity contribution is 6.09. The predicted octanol–water partition coefficient (Wildman–Crippen LogP) is 2.60. The highest BCUT2D eigenvalue weighted by Gasteiger charge is 2.30. The van der Waals surface area contributed by atoms with Gasteiger partial charge in [-0.3, -0.25) is 9.59 Å². The normalized spacial score (nSPS) is 20.4. The number of nitrogens with one attached hydrogen (secondary N) is 3. The quantitative estimate of drug-likeness (QED) is 0.354. The van der Waals surface area contributed by atoms with Crippen LogP contribution in [0.2, 0.25) is 0 Å². The third kappa shape index (κ3) is 4.73. The molecule has 0 spiro atoms. The Morgan fingerprint density at radius 3 is 2.58 bits per heavy atom. The molecule has 11 heteroatoms. The molecule has 200 valence electrons. The number of aryl methyl sites for hydroxylation is 1. The fraction of sp³-hybridized carbons (Fsp3) is 0.481. The molecule has 0 bridgehead atoms. The predicted molar refractivity (Wildman–Crippen MR) is 137 cm³/mol. The van der Waals surface area contributed by atoms with Crippen molar-refractivity contribution < 1.29 is 28.9 Å². The maximum atomic E-state index is 13.4. The molecule has 0 radical (unpaired) electrons. The van der Waals surface area contributed by atoms with E-state index in [1.165, 1.54) is 19.2 Å². The average Bonchev–Trinajstić information content (AvgIpc) is 3.51. The third-order valence-electron chi connectivity index (χ3n) is 7.48. The summed E-state index contributed by atoms with van der Waals surface area (Å²) in [5.41, 5.74) is 3.59. The van der Waals surface area contributed by atoms with Gasteiger partial charge in [0.05, 0.1) is 23.3 Å². The van der Waals surface area contributed by atoms with Gasteiger partial charge in [-0.2, -0.15) is 0 Å². The van der Waals surface area contributed by atoms with E-state index in [0.29, 0.717) is 63.3 Å². The smallest absolute Gasteiger partial charge is 0.255 e. The second-order valence-electron chi connectivity index (χ2n) is 10.2. The summed E-state index contributed by atoms with van der Waals surface area (Å²) in [5, 5.41) is 14.9. The van der Waals surface area contributed by atoms with Crippen LogP contribution in [0.15, 0.2) is 18.5 Å². The van der Waals surface area contributed by atoms with Crippen LogP contribution >= 0.6 is 0 Å². The summed E-state index contributed by atoms with van der Waals surface area (Å²) in [6.07, 6.45) is 6.74. The highest BCUT2D eigenvalue weighted by atomic mass is 16.7. The number of amides is 2. The zero-order valence-electron chi connectivity index (χ0n) is 21.2. The number of carbonyl (C=O) groups is 2. The van der Waals surface area contributed by atoms with Gasteiger partial charge in [0, 0.05) is 17.8 Å². The van der Waals surface area contributed by atoms with Gasteiger partial charge in [-0.05, 0) is 63.5 Å². The van der Waals surface area contributed by atoms with E-state index in [2.05, 4.69) is 25.6 Å². The van der Waals surface area contributed by atoms with E-state index in [4.69, 9.17) is 19.3 Å². The number of aromatic nitrogens is 3. The van der Waals surface area contributed by atoms with Gasteiger partial charge in [-0.15, -0.1) is 0 Å². The molecule has 0 unspecified atom stereocenters. The van der Waals surface area contributed by atoms with Crippen LogP contribution in [0.5, 0.6) is 17.2 Å². The molecule has 3 aromatic rings. The third-order valence-corrected chi connectivity index (χ3v) is 7.48. The highest BCUT2D eigenvalue weighted by Crippen LogP contribution is 2.48. The van der Waals surface area contributed by atoms with Crippen LogP contribution < -0.4 is 24.8 Å². The van der Waals surface area contributed by atoms with Gasteiger partial charge in [0.1, 0.15) is 29.9 Å². The minimum Gasteiger partial charge on any atom is -0.492 e. The Balaban J connectivity index is 1.27. The van der Waals surface area contributed by atoms with Crippen LogP contribution in [0.1, 0.15) is 54.6 Å². The van der Waals surface area contributed by atoms with E-state index in [-0.39, 0.29) is 30.7 Å². The molecule has 3 aliphatic rings. The Bertz CT molecular complexity index is 1380. The lowest BCUT2D eigenvalue weighted by Crippen LogP contribution is -2.44. The second-order valence-corrected chi connectivity index (χ2v) is 10.2. The van der Waals surface area contributed by atoms with Crippen molar-refractivity contribution in [2.45, 2.75) is 57.5 Å². The molecule has 38 heavy (non-hydrogen) atoms. The Morgan fingerprint density at radius 2 is 1.84 bits per heavy atom. The Labute approximate surface area is 219 Å². The van der Waals surface area contributed by atoms with E-state index < -0.39 is 6.61 Å². The second kappa shape index (κ2) is 10.1. The van der Waals surface area contributed by atoms with Crippen LogP contribution in [0.3, 0.4) is 0 Å². The molecule has 2 saturated carbocycles. The SMILES string of the molecule is Cc1[nH]c2c(-c3c(OCC4CC4)ccc4c3OCO4)ncnc2c1C(=O)N[C@H]1CC[C@H](NC(=O)CO)CC1. The van der Waals surface area contributed by atoms with E-state index >= 15 is 0 Å². The van der Waals surface area contributed by atoms with Crippen LogP contribution in [0.4, 0.5) is 0 Å². The molecule has 4 N–H and O–H groups in total. The molecule has 1 aliphatic heterocycles. The molecular formula is C27H31N5O6. The fourth-order valence-electron chi connectivity index (χ4n) is 5.29. The number of rotatable bonds is 8. The van der Waals surface area contributed by atoms with E-state index in [1.807, 2.05) is 19.1 Å². The fourth-order valence-corrected chi connectivity index (χ4v) is 5.29. The lowest BCUT2D eigenvalue weighted by molar-refractivity contribution is -0.124. The van der Waals surface area contributed by atoms with Crippen LogP contribution in [0.25, 0.3) is 22.3 Å². The standard InChI is InChI=1S/C27H31N5O6/c1-14-21(27(35)32-17-6-4-16(5-7-17)31-20(34)10-33)23-25(30-14)24(29-12-28-23)22-18(36-11-15-2-3-15)8-9-19-26(22)38-13-37-19/h8-9,12,15-17,30,33H,2-7,10-11,13H2,1H3,(H,31,34)(H,32,35)/t16-,17-. The van der Waals surface area contributed by atoms with Gasteiger partial charge in [-0.1, -0.05) is 0 Å². The summed E-state index contributed by atoms with van der Waals surface area (Å²) >= 11 is 0. The zero-order valence-corrected chi connectivity index (χ0v) is 21.2. The number of aliphatic hydroxyl groups is 1. The van der Waals surface area contributed by atoms with Gasteiger partial charge in [0.2, 0.25) is 12.7 Å². The number of benzene rings is 1. The Kier molecular flexibility index (Phi) is 6.52. The molecule has 3 heterocycles. The molecule has 6 rings (SSSR count). The average molecular weight is 522 g/mol. The van der Waals surface area contributed by atoms with Crippen LogP contribution in [-0.4, -0.2) is 64.0 Å². The monoisotopic (exact) mass is 521 g/mol. The first-order valence-electron chi connectivity index (χ1n) is 13.1. The minimum absolute atomic E-state index is 0.0131. The first-order valence-corrected chi connectivity index (χ1v) is 13.1. The van der Waals surface area contributed by atoms with Gasteiger partial charge < -0.3 is 34.9 Å².